The third-order valence-corrected chi connectivity index (χ3v) is 3.26. The molecule has 0 saturated carbocycles. The average Bonchev–Trinajstić information content (AvgIpc) is 2.17. The molecule has 0 aliphatic carbocycles. The number of carboxylic acids is 1. The van der Waals surface area contributed by atoms with E-state index in [4.69, 9.17) is 10.8 Å². The number of nitrogens with two attached hydrogens (primary N) is 1. The van der Waals surface area contributed by atoms with Crippen LogP contribution in [0.15, 0.2) is 12.3 Å². The molecule has 100 valence electrons. The largest absolute Gasteiger partial charge is 0.478 e. The van der Waals surface area contributed by atoms with E-state index >= 15 is 0 Å². The van der Waals surface area contributed by atoms with Gasteiger partial charge in [-0.3, -0.25) is 0 Å². The first-order chi connectivity index (χ1) is 8.20. The lowest BCUT2D eigenvalue weighted by Crippen LogP contribution is -2.26. The van der Waals surface area contributed by atoms with Crippen LogP contribution in [0.2, 0.25) is 0 Å². The first-order valence-electron chi connectivity index (χ1n) is 5.12. The van der Waals surface area contributed by atoms with Crippen LogP contribution >= 0.6 is 0 Å². The van der Waals surface area contributed by atoms with Crippen molar-refractivity contribution in [2.45, 2.75) is 13.0 Å². The predicted molar refractivity (Wildman–Crippen MR) is 68.4 cm³/mol. The van der Waals surface area contributed by atoms with Crippen LogP contribution in [0.1, 0.15) is 17.3 Å². The minimum atomic E-state index is -3.13. The highest BCUT2D eigenvalue weighted by Crippen LogP contribution is 2.20. The lowest BCUT2D eigenvalue weighted by Gasteiger charge is -2.15. The Labute approximate surface area is 105 Å². The number of pyridine rings is 1. The van der Waals surface area contributed by atoms with Gasteiger partial charge in [-0.25, -0.2) is 18.2 Å². The third-order valence-electron chi connectivity index (χ3n) is 2.16. The van der Waals surface area contributed by atoms with E-state index < -0.39 is 21.8 Å². The van der Waals surface area contributed by atoms with E-state index in [9.17, 15) is 13.2 Å². The molecule has 1 rings (SSSR count). The minimum absolute atomic E-state index is 0.00893. The number of rotatable bonds is 5. The lowest BCUT2D eigenvalue weighted by molar-refractivity contribution is 0.0698. The Balaban J connectivity index is 2.92. The lowest BCUT2D eigenvalue weighted by atomic mass is 10.2. The second kappa shape index (κ2) is 5.21. The molecule has 0 aromatic carbocycles. The molecule has 18 heavy (non-hydrogen) atoms. The van der Waals surface area contributed by atoms with Crippen molar-refractivity contribution in [3.05, 3.63) is 17.8 Å². The van der Waals surface area contributed by atoms with Gasteiger partial charge in [-0.15, -0.1) is 0 Å². The van der Waals surface area contributed by atoms with Crippen molar-refractivity contribution < 1.29 is 18.3 Å². The molecule has 4 N–H and O–H groups in total. The van der Waals surface area contributed by atoms with Crippen LogP contribution in [0.3, 0.4) is 0 Å². The molecule has 1 aromatic heterocycles. The summed E-state index contributed by atoms with van der Waals surface area (Å²) in [7, 11) is -3.13. The fourth-order valence-electron chi connectivity index (χ4n) is 1.50. The number of sulfone groups is 1. The molecule has 0 spiro atoms. The summed E-state index contributed by atoms with van der Waals surface area (Å²) in [6, 6.07) is 0.864. The Bertz CT molecular complexity index is 556. The third kappa shape index (κ3) is 3.88. The van der Waals surface area contributed by atoms with Gasteiger partial charge in [-0.1, -0.05) is 0 Å². The van der Waals surface area contributed by atoms with E-state index in [1.807, 2.05) is 0 Å². The number of carboxylic acid groups (broad SMARTS) is 1. The predicted octanol–water partition coefficient (Wildman–Crippen LogP) is 0.207. The second-order valence-corrected chi connectivity index (χ2v) is 6.25. The summed E-state index contributed by atoms with van der Waals surface area (Å²) in [5.41, 5.74) is 5.56. The quantitative estimate of drug-likeness (QED) is 0.700. The van der Waals surface area contributed by atoms with Crippen LogP contribution in [-0.2, 0) is 9.84 Å². The Morgan fingerprint density at radius 1 is 1.61 bits per heavy atom. The van der Waals surface area contributed by atoms with Gasteiger partial charge in [0.2, 0.25) is 0 Å². The smallest absolute Gasteiger partial charge is 0.337 e. The number of hydrogen-bond donors (Lipinski definition) is 3. The number of nitrogens with zero attached hydrogens (tertiary/aromatic N) is 1. The summed E-state index contributed by atoms with van der Waals surface area (Å²) in [5, 5.41) is 11.7. The maximum absolute atomic E-state index is 11.1. The maximum Gasteiger partial charge on any atom is 0.337 e. The average molecular weight is 273 g/mol. The van der Waals surface area contributed by atoms with Crippen molar-refractivity contribution in [3.63, 3.8) is 0 Å². The Morgan fingerprint density at radius 2 is 2.22 bits per heavy atom. The second-order valence-electron chi connectivity index (χ2n) is 4.06. The van der Waals surface area contributed by atoms with Crippen molar-refractivity contribution in [1.29, 1.82) is 0 Å². The summed E-state index contributed by atoms with van der Waals surface area (Å²) >= 11 is 0. The van der Waals surface area contributed by atoms with E-state index in [2.05, 4.69) is 10.3 Å². The minimum Gasteiger partial charge on any atom is -0.478 e. The first kappa shape index (κ1) is 14.2. The zero-order valence-corrected chi connectivity index (χ0v) is 10.9. The molecule has 0 fully saturated rings. The molecule has 0 amide bonds. The fraction of sp³-hybridized carbons (Fsp3) is 0.400. The van der Waals surface area contributed by atoms with E-state index in [-0.39, 0.29) is 22.8 Å². The first-order valence-corrected chi connectivity index (χ1v) is 7.19. The Morgan fingerprint density at radius 3 is 2.72 bits per heavy atom. The number of nitrogen functional groups attached to an aromatic ring is 1. The Hall–Kier alpha value is -1.83. The molecular weight excluding hydrogens is 258 g/mol. The number of hydrogen-bond acceptors (Lipinski definition) is 6. The number of nitrogens with one attached hydrogen (secondary N) is 1. The van der Waals surface area contributed by atoms with E-state index in [1.54, 1.807) is 6.92 Å². The highest BCUT2D eigenvalue weighted by atomic mass is 32.2. The highest BCUT2D eigenvalue weighted by Gasteiger charge is 2.15. The van der Waals surface area contributed by atoms with Gasteiger partial charge < -0.3 is 16.2 Å². The molecule has 1 unspecified atom stereocenters. The van der Waals surface area contributed by atoms with Gasteiger partial charge in [0.1, 0.15) is 15.7 Å². The summed E-state index contributed by atoms with van der Waals surface area (Å²) in [4.78, 5) is 14.8. The van der Waals surface area contributed by atoms with Crippen molar-refractivity contribution >= 4 is 27.3 Å². The molecule has 0 bridgehead atoms. The number of aromatic nitrogens is 1. The SMILES string of the molecule is CC(CS(C)(=O)=O)Nc1nccc(C(=O)O)c1N. The summed E-state index contributed by atoms with van der Waals surface area (Å²) in [6.07, 6.45) is 2.42. The molecule has 7 nitrogen and oxygen atoms in total. The van der Waals surface area contributed by atoms with E-state index in [0.29, 0.717) is 0 Å². The van der Waals surface area contributed by atoms with Gasteiger partial charge in [0.25, 0.3) is 0 Å². The highest BCUT2D eigenvalue weighted by molar-refractivity contribution is 7.90. The van der Waals surface area contributed by atoms with Crippen molar-refractivity contribution in [2.75, 3.05) is 23.1 Å². The molecule has 8 heteroatoms. The molecule has 0 saturated heterocycles. The van der Waals surface area contributed by atoms with Crippen LogP contribution in [0.25, 0.3) is 0 Å². The maximum atomic E-state index is 11.1. The number of aromatic carboxylic acids is 1. The van der Waals surface area contributed by atoms with Gasteiger partial charge in [0.15, 0.2) is 0 Å². The molecule has 1 heterocycles. The fourth-order valence-corrected chi connectivity index (χ4v) is 2.50. The normalized spacial score (nSPS) is 13.0. The summed E-state index contributed by atoms with van der Waals surface area (Å²) < 4.78 is 22.2. The molecular formula is C10H15N3O4S. The summed E-state index contributed by atoms with van der Waals surface area (Å²) in [6.45, 7) is 1.65. The molecule has 0 radical (unpaired) electrons. The number of anilines is 2. The molecule has 0 aliphatic heterocycles. The van der Waals surface area contributed by atoms with Gasteiger partial charge in [-0.05, 0) is 13.0 Å². The van der Waals surface area contributed by atoms with Crippen LogP contribution in [0, 0.1) is 0 Å². The van der Waals surface area contributed by atoms with Gasteiger partial charge in [0, 0.05) is 18.5 Å². The zero-order chi connectivity index (χ0) is 13.9. The van der Waals surface area contributed by atoms with Crippen molar-refractivity contribution in [1.82, 2.24) is 4.98 Å². The van der Waals surface area contributed by atoms with Crippen LogP contribution < -0.4 is 11.1 Å². The van der Waals surface area contributed by atoms with E-state index in [1.165, 1.54) is 12.3 Å². The Kier molecular flexibility index (Phi) is 4.12. The summed E-state index contributed by atoms with van der Waals surface area (Å²) in [5.74, 6) is -1.08. The molecule has 1 aromatic rings. The standard InChI is InChI=1S/C10H15N3O4S/c1-6(5-18(2,16)17)13-9-8(11)7(10(14)15)3-4-12-9/h3-4,6H,5,11H2,1-2H3,(H,12,13)(H,14,15). The molecule has 0 aliphatic rings. The van der Waals surface area contributed by atoms with Gasteiger partial charge >= 0.3 is 5.97 Å². The van der Waals surface area contributed by atoms with Gasteiger partial charge in [-0.2, -0.15) is 0 Å². The van der Waals surface area contributed by atoms with Crippen LogP contribution in [0.5, 0.6) is 0 Å². The topological polar surface area (TPSA) is 122 Å². The van der Waals surface area contributed by atoms with Crippen LogP contribution in [0.4, 0.5) is 11.5 Å². The van der Waals surface area contributed by atoms with Crippen molar-refractivity contribution in [3.8, 4) is 0 Å². The van der Waals surface area contributed by atoms with E-state index in [0.717, 1.165) is 6.26 Å². The molecule has 1 atom stereocenters. The van der Waals surface area contributed by atoms with Crippen molar-refractivity contribution in [2.24, 2.45) is 0 Å². The zero-order valence-electron chi connectivity index (χ0n) is 10.0. The monoisotopic (exact) mass is 273 g/mol. The van der Waals surface area contributed by atoms with Gasteiger partial charge in [0.05, 0.1) is 17.0 Å². The van der Waals surface area contributed by atoms with Crippen LogP contribution in [-0.4, -0.2) is 42.5 Å². The number of carbonyl (C=O) groups is 1.